The van der Waals surface area contributed by atoms with Crippen molar-refractivity contribution in [2.24, 2.45) is 0 Å². The van der Waals surface area contributed by atoms with Crippen molar-refractivity contribution >= 4 is 28.6 Å². The lowest BCUT2D eigenvalue weighted by atomic mass is 9.88. The summed E-state index contributed by atoms with van der Waals surface area (Å²) in [5, 5.41) is 9.22. The number of hydrogen-bond acceptors (Lipinski definition) is 3. The highest BCUT2D eigenvalue weighted by Crippen LogP contribution is 2.28. The monoisotopic (exact) mass is 397 g/mol. The lowest BCUT2D eigenvalue weighted by Gasteiger charge is -2.18. The quantitative estimate of drug-likeness (QED) is 0.777. The molecule has 0 aliphatic heterocycles. The van der Waals surface area contributed by atoms with Gasteiger partial charge in [0.1, 0.15) is 11.3 Å². The van der Waals surface area contributed by atoms with Gasteiger partial charge in [0.2, 0.25) is 5.88 Å². The van der Waals surface area contributed by atoms with E-state index in [1.54, 1.807) is 30.5 Å². The van der Waals surface area contributed by atoms with Crippen LogP contribution in [-0.2, 0) is 5.41 Å². The van der Waals surface area contributed by atoms with E-state index < -0.39 is 5.97 Å². The minimum Gasteiger partial charge on any atom is -0.478 e. The fourth-order valence-electron chi connectivity index (χ4n) is 1.76. The highest BCUT2D eigenvalue weighted by molar-refractivity contribution is 14.1. The molecule has 0 fully saturated rings. The summed E-state index contributed by atoms with van der Waals surface area (Å²) in [6, 6.07) is 8.71. The smallest absolute Gasteiger partial charge is 0.339 e. The van der Waals surface area contributed by atoms with Crippen LogP contribution in [0.4, 0.5) is 0 Å². The van der Waals surface area contributed by atoms with E-state index >= 15 is 0 Å². The van der Waals surface area contributed by atoms with E-state index in [9.17, 15) is 9.90 Å². The third-order valence-electron chi connectivity index (χ3n) is 2.99. The second kappa shape index (κ2) is 6.01. The molecule has 0 spiro atoms. The average molecular weight is 397 g/mol. The number of benzene rings is 1. The van der Waals surface area contributed by atoms with Gasteiger partial charge in [0.25, 0.3) is 0 Å². The first-order chi connectivity index (χ1) is 9.77. The second-order valence-corrected chi connectivity index (χ2v) is 6.93. The molecule has 0 radical (unpaired) electrons. The zero-order valence-corrected chi connectivity index (χ0v) is 14.2. The number of nitrogens with zero attached hydrogens (tertiary/aromatic N) is 1. The van der Waals surface area contributed by atoms with Gasteiger partial charge in [-0.15, -0.1) is 0 Å². The van der Waals surface area contributed by atoms with E-state index in [-0.39, 0.29) is 11.0 Å². The predicted molar refractivity (Wildman–Crippen MR) is 89.1 cm³/mol. The van der Waals surface area contributed by atoms with E-state index in [1.165, 1.54) is 0 Å². The van der Waals surface area contributed by atoms with Crippen LogP contribution in [0.25, 0.3) is 0 Å². The molecule has 0 saturated carbocycles. The van der Waals surface area contributed by atoms with Crippen LogP contribution in [0.5, 0.6) is 11.6 Å². The zero-order valence-electron chi connectivity index (χ0n) is 12.1. The number of rotatable bonds is 3. The van der Waals surface area contributed by atoms with Crippen LogP contribution >= 0.6 is 22.6 Å². The van der Waals surface area contributed by atoms with Crippen LogP contribution in [-0.4, -0.2) is 16.1 Å². The number of aromatic carboxylic acids is 1. The van der Waals surface area contributed by atoms with Gasteiger partial charge < -0.3 is 9.84 Å². The molecule has 0 aliphatic rings. The van der Waals surface area contributed by atoms with Crippen LogP contribution < -0.4 is 4.74 Å². The lowest BCUT2D eigenvalue weighted by molar-refractivity contribution is 0.0694. The number of hydrogen-bond donors (Lipinski definition) is 1. The molecule has 1 aromatic heterocycles. The van der Waals surface area contributed by atoms with E-state index in [0.717, 1.165) is 9.13 Å². The van der Waals surface area contributed by atoms with Crippen LogP contribution in [0.2, 0.25) is 0 Å². The Morgan fingerprint density at radius 1 is 1.24 bits per heavy atom. The minimum absolute atomic E-state index is 0.0145. The van der Waals surface area contributed by atoms with Crippen molar-refractivity contribution in [1.29, 1.82) is 0 Å². The molecular formula is C16H16INO3. The maximum absolute atomic E-state index is 11.2. The van der Waals surface area contributed by atoms with Crippen molar-refractivity contribution < 1.29 is 14.6 Å². The molecule has 0 bridgehead atoms. The summed E-state index contributed by atoms with van der Waals surface area (Å²) in [6.45, 7) is 6.31. The van der Waals surface area contributed by atoms with E-state index in [1.807, 2.05) is 6.07 Å². The van der Waals surface area contributed by atoms with Crippen LogP contribution in [0.1, 0.15) is 36.7 Å². The van der Waals surface area contributed by atoms with E-state index in [0.29, 0.717) is 11.6 Å². The van der Waals surface area contributed by atoms with Crippen LogP contribution in [0, 0.1) is 3.57 Å². The van der Waals surface area contributed by atoms with Crippen molar-refractivity contribution in [2.75, 3.05) is 0 Å². The molecule has 2 rings (SSSR count). The molecule has 5 heteroatoms. The van der Waals surface area contributed by atoms with Gasteiger partial charge in [0.05, 0.1) is 0 Å². The Hall–Kier alpha value is -1.63. The Labute approximate surface area is 137 Å². The molecule has 1 aromatic carbocycles. The Kier molecular flexibility index (Phi) is 4.51. The van der Waals surface area contributed by atoms with Crippen LogP contribution in [0.3, 0.4) is 0 Å². The van der Waals surface area contributed by atoms with Gasteiger partial charge in [0, 0.05) is 15.8 Å². The van der Waals surface area contributed by atoms with Gasteiger partial charge >= 0.3 is 5.97 Å². The molecule has 2 aromatic rings. The third kappa shape index (κ3) is 3.93. The van der Waals surface area contributed by atoms with Gasteiger partial charge in [-0.1, -0.05) is 26.8 Å². The molecule has 0 atom stereocenters. The number of carboxylic acid groups (broad SMARTS) is 1. The molecule has 110 valence electrons. The first-order valence-electron chi connectivity index (χ1n) is 6.44. The Morgan fingerprint density at radius 2 is 1.95 bits per heavy atom. The largest absolute Gasteiger partial charge is 0.478 e. The molecule has 0 saturated heterocycles. The maximum Gasteiger partial charge on any atom is 0.339 e. The number of ether oxygens (including phenoxy) is 1. The van der Waals surface area contributed by atoms with Crippen molar-refractivity contribution in [1.82, 2.24) is 4.98 Å². The molecule has 21 heavy (non-hydrogen) atoms. The molecule has 0 amide bonds. The topological polar surface area (TPSA) is 59.4 Å². The molecule has 4 nitrogen and oxygen atoms in total. The Balaban J connectivity index is 2.28. The fourth-order valence-corrected chi connectivity index (χ4v) is 2.25. The normalized spacial score (nSPS) is 11.2. The van der Waals surface area contributed by atoms with Gasteiger partial charge in [-0.2, -0.15) is 0 Å². The summed E-state index contributed by atoms with van der Waals surface area (Å²) in [7, 11) is 0. The standard InChI is InChI=1S/C16H16INO3/c1-16(2,3)10-4-7-14(18-9-10)21-13-6-5-11(17)8-12(13)15(19)20/h4-9H,1-3H3,(H,19,20). The number of carboxylic acids is 1. The summed E-state index contributed by atoms with van der Waals surface area (Å²) in [5.74, 6) is -0.347. The molecule has 0 unspecified atom stereocenters. The fraction of sp³-hybridized carbons (Fsp3) is 0.250. The number of carbonyl (C=O) groups is 1. The lowest BCUT2D eigenvalue weighted by Crippen LogP contribution is -2.11. The summed E-state index contributed by atoms with van der Waals surface area (Å²) in [5.41, 5.74) is 1.24. The SMILES string of the molecule is CC(C)(C)c1ccc(Oc2ccc(I)cc2C(=O)O)nc1. The minimum atomic E-state index is -1.02. The molecule has 1 heterocycles. The van der Waals surface area contributed by atoms with Crippen molar-refractivity contribution in [3.63, 3.8) is 0 Å². The van der Waals surface area contributed by atoms with Crippen molar-refractivity contribution in [3.05, 3.63) is 51.2 Å². The predicted octanol–water partition coefficient (Wildman–Crippen LogP) is 4.47. The van der Waals surface area contributed by atoms with Crippen molar-refractivity contribution in [3.8, 4) is 11.6 Å². The maximum atomic E-state index is 11.2. The summed E-state index contributed by atoms with van der Waals surface area (Å²) in [6.07, 6.45) is 1.75. The van der Waals surface area contributed by atoms with E-state index in [2.05, 4.69) is 48.3 Å². The third-order valence-corrected chi connectivity index (χ3v) is 3.66. The number of aromatic nitrogens is 1. The van der Waals surface area contributed by atoms with E-state index in [4.69, 9.17) is 4.74 Å². The molecule has 1 N–H and O–H groups in total. The Bertz CT molecular complexity index is 660. The van der Waals surface area contributed by atoms with Crippen molar-refractivity contribution in [2.45, 2.75) is 26.2 Å². The van der Waals surface area contributed by atoms with Gasteiger partial charge in [-0.25, -0.2) is 9.78 Å². The summed E-state index contributed by atoms with van der Waals surface area (Å²) < 4.78 is 6.44. The number of halogens is 1. The summed E-state index contributed by atoms with van der Waals surface area (Å²) in [4.78, 5) is 15.5. The highest BCUT2D eigenvalue weighted by atomic mass is 127. The Morgan fingerprint density at radius 3 is 2.48 bits per heavy atom. The van der Waals surface area contributed by atoms with Gasteiger partial charge in [-0.05, 0) is 51.8 Å². The second-order valence-electron chi connectivity index (χ2n) is 5.68. The number of pyridine rings is 1. The van der Waals surface area contributed by atoms with Gasteiger partial charge in [0.15, 0.2) is 0 Å². The van der Waals surface area contributed by atoms with Gasteiger partial charge in [-0.3, -0.25) is 0 Å². The molecular weight excluding hydrogens is 381 g/mol. The first kappa shape index (κ1) is 15.8. The first-order valence-corrected chi connectivity index (χ1v) is 7.52. The average Bonchev–Trinajstić information content (AvgIpc) is 2.40. The van der Waals surface area contributed by atoms with Crippen LogP contribution in [0.15, 0.2) is 36.5 Å². The summed E-state index contributed by atoms with van der Waals surface area (Å²) >= 11 is 2.06. The zero-order chi connectivity index (χ0) is 15.6. The highest BCUT2D eigenvalue weighted by Gasteiger charge is 2.16. The molecule has 0 aliphatic carbocycles.